The first-order valence-electron chi connectivity index (χ1n) is 8.88. The molecule has 124 valence electrons. The molecule has 0 N–H and O–H groups in total. The minimum absolute atomic E-state index is 0.804. The van der Waals surface area contributed by atoms with E-state index in [-0.39, 0.29) is 0 Å². The molecule has 0 heterocycles. The third kappa shape index (κ3) is 7.65. The highest BCUT2D eigenvalue weighted by molar-refractivity contribution is 5.55. The van der Waals surface area contributed by atoms with Crippen LogP contribution in [0.3, 0.4) is 0 Å². The third-order valence-corrected chi connectivity index (χ3v) is 3.84. The zero-order valence-electron chi connectivity index (χ0n) is 14.5. The largest absolute Gasteiger partial charge is 0.493 e. The van der Waals surface area contributed by atoms with Crippen molar-refractivity contribution >= 4 is 6.08 Å². The lowest BCUT2D eigenvalue weighted by atomic mass is 10.2. The van der Waals surface area contributed by atoms with Crippen LogP contribution in [0.1, 0.15) is 57.9 Å². The predicted molar refractivity (Wildman–Crippen MR) is 97.5 cm³/mol. The molecule has 0 atom stereocenters. The summed E-state index contributed by atoms with van der Waals surface area (Å²) in [4.78, 5) is 2.59. The molecule has 0 spiro atoms. The van der Waals surface area contributed by atoms with Gasteiger partial charge < -0.3 is 9.64 Å². The Balaban J connectivity index is 2.09. The minimum atomic E-state index is 0.804. The second-order valence-corrected chi connectivity index (χ2v) is 5.85. The molecular formula is C20H33NO. The molecule has 0 aliphatic carbocycles. The Morgan fingerprint density at radius 2 is 1.64 bits per heavy atom. The zero-order chi connectivity index (χ0) is 16.0. The van der Waals surface area contributed by atoms with Crippen molar-refractivity contribution in [2.24, 2.45) is 0 Å². The van der Waals surface area contributed by atoms with Crippen LogP contribution in [0.2, 0.25) is 0 Å². The van der Waals surface area contributed by atoms with Crippen LogP contribution in [0.5, 0.6) is 5.75 Å². The smallest absolute Gasteiger partial charge is 0.126 e. The van der Waals surface area contributed by atoms with E-state index in [1.54, 1.807) is 0 Å². The molecule has 0 radical (unpaired) electrons. The van der Waals surface area contributed by atoms with Gasteiger partial charge in [-0.3, -0.25) is 0 Å². The number of hydrogen-bond donors (Lipinski definition) is 0. The Morgan fingerprint density at radius 3 is 2.32 bits per heavy atom. The lowest BCUT2D eigenvalue weighted by Gasteiger charge is -2.20. The third-order valence-electron chi connectivity index (χ3n) is 3.84. The van der Waals surface area contributed by atoms with Gasteiger partial charge in [0.25, 0.3) is 0 Å². The van der Waals surface area contributed by atoms with Crippen LogP contribution in [0.25, 0.3) is 6.08 Å². The number of nitrogens with zero attached hydrogens (tertiary/aromatic N) is 1. The van der Waals surface area contributed by atoms with Gasteiger partial charge in [-0.25, -0.2) is 0 Å². The Bertz CT molecular complexity index is 396. The van der Waals surface area contributed by atoms with Crippen LogP contribution in [0.4, 0.5) is 0 Å². The molecule has 0 bridgehead atoms. The second kappa shape index (κ2) is 12.3. The van der Waals surface area contributed by atoms with Gasteiger partial charge in [-0.2, -0.15) is 0 Å². The van der Waals surface area contributed by atoms with Crippen LogP contribution in [-0.4, -0.2) is 31.1 Å². The molecule has 0 saturated carbocycles. The summed E-state index contributed by atoms with van der Waals surface area (Å²) < 4.78 is 5.85. The lowest BCUT2D eigenvalue weighted by Crippen LogP contribution is -2.26. The maximum absolute atomic E-state index is 5.85. The first-order valence-corrected chi connectivity index (χ1v) is 8.88. The highest BCUT2D eigenvalue weighted by atomic mass is 16.5. The molecular weight excluding hydrogens is 270 g/mol. The molecule has 1 aromatic carbocycles. The first kappa shape index (κ1) is 18.8. The van der Waals surface area contributed by atoms with Crippen molar-refractivity contribution in [3.8, 4) is 5.75 Å². The van der Waals surface area contributed by atoms with E-state index >= 15 is 0 Å². The van der Waals surface area contributed by atoms with Gasteiger partial charge in [0, 0.05) is 5.56 Å². The molecule has 2 heteroatoms. The van der Waals surface area contributed by atoms with E-state index < -0.39 is 0 Å². The van der Waals surface area contributed by atoms with Crippen molar-refractivity contribution in [3.05, 3.63) is 36.4 Å². The molecule has 0 aromatic heterocycles. The van der Waals surface area contributed by atoms with E-state index in [2.05, 4.69) is 25.3 Å². The van der Waals surface area contributed by atoms with E-state index in [0.717, 1.165) is 24.3 Å². The predicted octanol–water partition coefficient (Wildman–Crippen LogP) is 5.39. The van der Waals surface area contributed by atoms with Gasteiger partial charge in [0.15, 0.2) is 0 Å². The van der Waals surface area contributed by atoms with Gasteiger partial charge in [0.2, 0.25) is 0 Å². The molecule has 0 unspecified atom stereocenters. The quantitative estimate of drug-likeness (QED) is 0.453. The summed E-state index contributed by atoms with van der Waals surface area (Å²) in [6.45, 7) is 12.9. The Kier molecular flexibility index (Phi) is 10.5. The van der Waals surface area contributed by atoms with Gasteiger partial charge in [-0.05, 0) is 51.4 Å². The Morgan fingerprint density at radius 1 is 0.955 bits per heavy atom. The summed E-state index contributed by atoms with van der Waals surface area (Å²) in [6, 6.07) is 8.09. The average Bonchev–Trinajstić information content (AvgIpc) is 2.54. The highest BCUT2D eigenvalue weighted by Crippen LogP contribution is 2.19. The maximum Gasteiger partial charge on any atom is 0.126 e. The fraction of sp³-hybridized carbons (Fsp3) is 0.600. The SMILES string of the molecule is C=Cc1ccccc1OCCCCCCN(CCC)CCC. The monoisotopic (exact) mass is 303 g/mol. The van der Waals surface area contributed by atoms with Crippen LogP contribution < -0.4 is 4.74 Å². The van der Waals surface area contributed by atoms with Gasteiger partial charge in [-0.15, -0.1) is 0 Å². The molecule has 2 nitrogen and oxygen atoms in total. The number of benzene rings is 1. The fourth-order valence-corrected chi connectivity index (χ4v) is 2.72. The summed E-state index contributed by atoms with van der Waals surface area (Å²) >= 11 is 0. The summed E-state index contributed by atoms with van der Waals surface area (Å²) in [7, 11) is 0. The normalized spacial score (nSPS) is 10.9. The van der Waals surface area contributed by atoms with Crippen molar-refractivity contribution < 1.29 is 4.74 Å². The number of unbranched alkanes of at least 4 members (excludes halogenated alkanes) is 3. The van der Waals surface area contributed by atoms with Crippen molar-refractivity contribution in [2.75, 3.05) is 26.2 Å². The molecule has 0 saturated heterocycles. The number of hydrogen-bond acceptors (Lipinski definition) is 2. The van der Waals surface area contributed by atoms with Crippen molar-refractivity contribution in [1.29, 1.82) is 0 Å². The van der Waals surface area contributed by atoms with Crippen LogP contribution >= 0.6 is 0 Å². The fourth-order valence-electron chi connectivity index (χ4n) is 2.72. The summed E-state index contributed by atoms with van der Waals surface area (Å²) in [5, 5.41) is 0. The summed E-state index contributed by atoms with van der Waals surface area (Å²) in [5.74, 6) is 0.953. The van der Waals surface area contributed by atoms with Gasteiger partial charge >= 0.3 is 0 Å². The molecule has 1 aromatic rings. The maximum atomic E-state index is 5.85. The van der Waals surface area contributed by atoms with Crippen LogP contribution in [0, 0.1) is 0 Å². The second-order valence-electron chi connectivity index (χ2n) is 5.85. The zero-order valence-corrected chi connectivity index (χ0v) is 14.5. The average molecular weight is 303 g/mol. The van der Waals surface area contributed by atoms with E-state index in [0.29, 0.717) is 0 Å². The molecule has 22 heavy (non-hydrogen) atoms. The van der Waals surface area contributed by atoms with Crippen molar-refractivity contribution in [2.45, 2.75) is 52.4 Å². The number of para-hydroxylation sites is 1. The Hall–Kier alpha value is -1.28. The molecule has 0 fully saturated rings. The molecule has 1 rings (SSSR count). The van der Waals surface area contributed by atoms with Crippen molar-refractivity contribution in [3.63, 3.8) is 0 Å². The lowest BCUT2D eigenvalue weighted by molar-refractivity contribution is 0.263. The van der Waals surface area contributed by atoms with E-state index in [4.69, 9.17) is 4.74 Å². The van der Waals surface area contributed by atoms with Crippen molar-refractivity contribution in [1.82, 2.24) is 4.90 Å². The van der Waals surface area contributed by atoms with Crippen LogP contribution in [0.15, 0.2) is 30.8 Å². The summed E-state index contributed by atoms with van der Waals surface area (Å²) in [5.41, 5.74) is 1.08. The number of ether oxygens (including phenoxy) is 1. The molecule has 0 amide bonds. The first-order chi connectivity index (χ1) is 10.8. The molecule has 0 aliphatic heterocycles. The van der Waals surface area contributed by atoms with E-state index in [1.165, 1.54) is 51.7 Å². The topological polar surface area (TPSA) is 12.5 Å². The number of rotatable bonds is 13. The minimum Gasteiger partial charge on any atom is -0.493 e. The Labute approximate surface area is 137 Å². The highest BCUT2D eigenvalue weighted by Gasteiger charge is 2.02. The molecule has 0 aliphatic rings. The van der Waals surface area contributed by atoms with E-state index in [1.807, 2.05) is 30.3 Å². The van der Waals surface area contributed by atoms with E-state index in [9.17, 15) is 0 Å². The van der Waals surface area contributed by atoms with Gasteiger partial charge in [0.1, 0.15) is 5.75 Å². The van der Waals surface area contributed by atoms with Gasteiger partial charge in [-0.1, -0.05) is 57.5 Å². The summed E-state index contributed by atoms with van der Waals surface area (Å²) in [6.07, 6.45) is 9.37. The van der Waals surface area contributed by atoms with Gasteiger partial charge in [0.05, 0.1) is 6.61 Å². The standard InChI is InChI=1S/C20H33NO/c1-4-15-21(16-5-2)17-11-7-8-12-18-22-20-14-10-9-13-19(20)6-3/h6,9-10,13-14H,3-5,7-8,11-12,15-18H2,1-2H3. The van der Waals surface area contributed by atoms with Crippen LogP contribution in [-0.2, 0) is 0 Å².